The molecule has 34 heavy (non-hydrogen) atoms. The van der Waals surface area contributed by atoms with Gasteiger partial charge < -0.3 is 4.74 Å². The Morgan fingerprint density at radius 2 is 1.50 bits per heavy atom. The molecule has 0 N–H and O–H groups in total. The van der Waals surface area contributed by atoms with E-state index >= 15 is 0 Å². The van der Waals surface area contributed by atoms with Gasteiger partial charge in [0.15, 0.2) is 11.6 Å². The van der Waals surface area contributed by atoms with Gasteiger partial charge in [0.1, 0.15) is 0 Å². The highest BCUT2D eigenvalue weighted by molar-refractivity contribution is 5.30. The average Bonchev–Trinajstić information content (AvgIpc) is 2.79. The maximum absolute atomic E-state index is 14.2. The van der Waals surface area contributed by atoms with Gasteiger partial charge >= 0.3 is 12.3 Å². The predicted octanol–water partition coefficient (Wildman–Crippen LogP) is 8.56. The summed E-state index contributed by atoms with van der Waals surface area (Å²) in [7, 11) is 0. The van der Waals surface area contributed by atoms with Crippen molar-refractivity contribution < 1.29 is 35.5 Å². The van der Waals surface area contributed by atoms with E-state index in [1.54, 1.807) is 0 Å². The fourth-order valence-electron chi connectivity index (χ4n) is 4.57. The molecule has 1 fully saturated rings. The number of halogens is 7. The van der Waals surface area contributed by atoms with Gasteiger partial charge in [-0.3, -0.25) is 0 Å². The zero-order chi connectivity index (χ0) is 24.9. The lowest BCUT2D eigenvalue weighted by atomic mass is 9.77. The summed E-state index contributed by atoms with van der Waals surface area (Å²) < 4.78 is 94.3. The van der Waals surface area contributed by atoms with Crippen molar-refractivity contribution in [2.75, 3.05) is 0 Å². The molecule has 1 atom stereocenters. The van der Waals surface area contributed by atoms with Crippen molar-refractivity contribution in [2.45, 2.75) is 82.7 Å². The van der Waals surface area contributed by atoms with Crippen molar-refractivity contribution >= 4 is 0 Å². The van der Waals surface area contributed by atoms with E-state index in [0.29, 0.717) is 23.8 Å². The first-order valence-electron chi connectivity index (χ1n) is 11.6. The van der Waals surface area contributed by atoms with Crippen molar-refractivity contribution in [3.05, 3.63) is 65.0 Å². The molecule has 1 aliphatic carbocycles. The number of hydrogen-bond donors (Lipinski definition) is 0. The first kappa shape index (κ1) is 26.4. The predicted molar refractivity (Wildman–Crippen MR) is 116 cm³/mol. The van der Waals surface area contributed by atoms with Crippen LogP contribution in [-0.4, -0.2) is 18.5 Å². The fourth-order valence-corrected chi connectivity index (χ4v) is 4.57. The summed E-state index contributed by atoms with van der Waals surface area (Å²) in [5.41, 5.74) is 3.22. The van der Waals surface area contributed by atoms with Crippen LogP contribution in [0.2, 0.25) is 0 Å². The zero-order valence-electron chi connectivity index (χ0n) is 19.0. The molecule has 1 aliphatic rings. The molecule has 8 heteroatoms. The molecule has 2 aromatic rings. The molecule has 0 bridgehead atoms. The highest BCUT2D eigenvalue weighted by atomic mass is 19.4. The van der Waals surface area contributed by atoms with Crippen molar-refractivity contribution in [1.29, 1.82) is 0 Å². The highest BCUT2D eigenvalue weighted by Gasteiger charge is 2.59. The molecule has 3 rings (SSSR count). The molecule has 188 valence electrons. The topological polar surface area (TPSA) is 9.23 Å². The van der Waals surface area contributed by atoms with Gasteiger partial charge in [-0.15, -0.1) is 0 Å². The number of alkyl halides is 6. The van der Waals surface area contributed by atoms with Crippen molar-refractivity contribution in [3.8, 4) is 5.75 Å². The number of hydrogen-bond acceptors (Lipinski definition) is 1. The number of benzene rings is 2. The summed E-state index contributed by atoms with van der Waals surface area (Å²) in [6, 6.07) is 11.9. The minimum atomic E-state index is -5.82. The second-order valence-corrected chi connectivity index (χ2v) is 9.08. The van der Waals surface area contributed by atoms with Crippen LogP contribution in [0.4, 0.5) is 30.7 Å². The molecule has 1 nitrogen and oxygen atoms in total. The summed E-state index contributed by atoms with van der Waals surface area (Å²) in [5.74, 6) is -1.38. The Balaban J connectivity index is 1.49. The molecule has 2 aromatic carbocycles. The maximum Gasteiger partial charge on any atom is 0.439 e. The molecule has 0 heterocycles. The van der Waals surface area contributed by atoms with Gasteiger partial charge in [0.2, 0.25) is 0 Å². The highest BCUT2D eigenvalue weighted by Crippen LogP contribution is 2.39. The number of ether oxygens (including phenoxy) is 1. The van der Waals surface area contributed by atoms with Gasteiger partial charge in [-0.2, -0.15) is 22.0 Å². The molecule has 1 saturated carbocycles. The molecule has 0 aromatic heterocycles. The average molecular weight is 491 g/mol. The standard InChI is InChI=1S/C26H29F7O/c1-2-3-17-6-11-20(12-7-17)21-13-8-18(9-14-21)4-5-19-10-15-23(22(27)16-19)34-26(32,33)24(28)25(29,30)31/h6-7,10-12,15-16,18,21,24H,2-5,8-9,13-14H2,1H3. The maximum atomic E-state index is 14.2. The normalized spacial score (nSPS) is 20.2. The van der Waals surface area contributed by atoms with E-state index in [1.807, 2.05) is 0 Å². The largest absolute Gasteiger partial charge is 0.439 e. The van der Waals surface area contributed by atoms with Gasteiger partial charge in [-0.1, -0.05) is 43.7 Å². The first-order valence-corrected chi connectivity index (χ1v) is 11.6. The summed E-state index contributed by atoms with van der Waals surface area (Å²) in [4.78, 5) is 0. The van der Waals surface area contributed by atoms with Crippen LogP contribution >= 0.6 is 0 Å². The van der Waals surface area contributed by atoms with E-state index < -0.39 is 30.0 Å². The Hall–Kier alpha value is -2.25. The van der Waals surface area contributed by atoms with Crippen LogP contribution in [0.5, 0.6) is 5.75 Å². The van der Waals surface area contributed by atoms with E-state index in [0.717, 1.165) is 57.1 Å². The van der Waals surface area contributed by atoms with Crippen molar-refractivity contribution in [1.82, 2.24) is 0 Å². The van der Waals surface area contributed by atoms with E-state index in [2.05, 4.69) is 35.9 Å². The van der Waals surface area contributed by atoms with Gasteiger partial charge in [-0.05, 0) is 85.6 Å². The fraction of sp³-hybridized carbons (Fsp3) is 0.538. The molecule has 0 radical (unpaired) electrons. The summed E-state index contributed by atoms with van der Waals surface area (Å²) in [6.07, 6.45) is -7.91. The number of aryl methyl sites for hydroxylation is 2. The monoisotopic (exact) mass is 490 g/mol. The SMILES string of the molecule is CCCc1ccc(C2CCC(CCc3ccc(OC(F)(F)C(F)C(F)(F)F)c(F)c3)CC2)cc1. The Morgan fingerprint density at radius 3 is 2.06 bits per heavy atom. The second kappa shape index (κ2) is 11.0. The van der Waals surface area contributed by atoms with Gasteiger partial charge in [0, 0.05) is 0 Å². The Morgan fingerprint density at radius 1 is 0.882 bits per heavy atom. The zero-order valence-corrected chi connectivity index (χ0v) is 19.0. The van der Waals surface area contributed by atoms with E-state index in [-0.39, 0.29) is 0 Å². The van der Waals surface area contributed by atoms with E-state index in [9.17, 15) is 30.7 Å². The van der Waals surface area contributed by atoms with Crippen LogP contribution in [0.25, 0.3) is 0 Å². The molecule has 0 spiro atoms. The molecule has 0 aliphatic heterocycles. The lowest BCUT2D eigenvalue weighted by Crippen LogP contribution is -2.45. The number of rotatable bonds is 9. The van der Waals surface area contributed by atoms with E-state index in [1.165, 1.54) is 17.2 Å². The molecule has 0 amide bonds. The third kappa shape index (κ3) is 6.89. The van der Waals surface area contributed by atoms with Crippen LogP contribution in [0.3, 0.4) is 0 Å². The Kier molecular flexibility index (Phi) is 8.52. The minimum absolute atomic E-state index is 0.456. The van der Waals surface area contributed by atoms with Crippen molar-refractivity contribution in [3.63, 3.8) is 0 Å². The first-order chi connectivity index (χ1) is 16.0. The van der Waals surface area contributed by atoms with E-state index in [4.69, 9.17) is 0 Å². The Bertz CT molecular complexity index is 916. The minimum Gasteiger partial charge on any atom is -0.427 e. The smallest absolute Gasteiger partial charge is 0.427 e. The van der Waals surface area contributed by atoms with Crippen molar-refractivity contribution in [2.24, 2.45) is 5.92 Å². The summed E-state index contributed by atoms with van der Waals surface area (Å²) in [5, 5.41) is 0. The molecular weight excluding hydrogens is 461 g/mol. The quantitative estimate of drug-likeness (QED) is 0.320. The lowest BCUT2D eigenvalue weighted by molar-refractivity contribution is -0.305. The van der Waals surface area contributed by atoms with Gasteiger partial charge in [0.25, 0.3) is 6.17 Å². The molecule has 0 saturated heterocycles. The van der Waals surface area contributed by atoms with Crippen LogP contribution in [-0.2, 0) is 12.8 Å². The molecule has 1 unspecified atom stereocenters. The summed E-state index contributed by atoms with van der Waals surface area (Å²) in [6.45, 7) is 2.16. The third-order valence-electron chi connectivity index (χ3n) is 6.50. The van der Waals surface area contributed by atoms with Gasteiger partial charge in [0.05, 0.1) is 0 Å². The van der Waals surface area contributed by atoms with Crippen LogP contribution in [0.1, 0.15) is 68.1 Å². The van der Waals surface area contributed by atoms with Crippen LogP contribution < -0.4 is 4.74 Å². The lowest BCUT2D eigenvalue weighted by Gasteiger charge is -2.29. The second-order valence-electron chi connectivity index (χ2n) is 9.08. The molecular formula is C26H29F7O. The van der Waals surface area contributed by atoms with Gasteiger partial charge in [-0.25, -0.2) is 8.78 Å². The Labute approximate surface area is 195 Å². The third-order valence-corrected chi connectivity index (χ3v) is 6.50. The van der Waals surface area contributed by atoms with Crippen LogP contribution in [0.15, 0.2) is 42.5 Å². The van der Waals surface area contributed by atoms with Crippen LogP contribution in [0, 0.1) is 11.7 Å². The summed E-state index contributed by atoms with van der Waals surface area (Å²) >= 11 is 0.